The summed E-state index contributed by atoms with van der Waals surface area (Å²) < 4.78 is 12.7. The lowest BCUT2D eigenvalue weighted by atomic mass is 9.96. The second-order valence-corrected chi connectivity index (χ2v) is 5.07. The fourth-order valence-electron chi connectivity index (χ4n) is 1.32. The molecule has 0 saturated carbocycles. The topological polar surface area (TPSA) is 83.6 Å². The molecule has 0 atom stereocenters. The van der Waals surface area contributed by atoms with Gasteiger partial charge < -0.3 is 5.32 Å². The minimum atomic E-state index is -0.495. The number of halogens is 1. The van der Waals surface area contributed by atoms with Crippen LogP contribution in [0.5, 0.6) is 0 Å². The summed E-state index contributed by atoms with van der Waals surface area (Å²) in [5.74, 6) is -0.0777. The minimum absolute atomic E-state index is 0.0241. The zero-order valence-corrected chi connectivity index (χ0v) is 10.9. The molecule has 2 rings (SSSR count). The Bertz CT molecular complexity index is 585. The highest BCUT2D eigenvalue weighted by Gasteiger charge is 2.21. The normalized spacial score (nSPS) is 11.4. The van der Waals surface area contributed by atoms with Gasteiger partial charge in [-0.2, -0.15) is 0 Å². The summed E-state index contributed by atoms with van der Waals surface area (Å²) in [6.45, 7) is 5.87. The van der Waals surface area contributed by atoms with Gasteiger partial charge in [0.2, 0.25) is 5.82 Å². The number of carbonyl (C=O) groups excluding carboxylic acids is 1. The van der Waals surface area contributed by atoms with Gasteiger partial charge in [-0.15, -0.1) is 5.10 Å². The van der Waals surface area contributed by atoms with Crippen molar-refractivity contribution in [3.8, 4) is 0 Å². The van der Waals surface area contributed by atoms with Crippen LogP contribution in [0.2, 0.25) is 0 Å². The summed E-state index contributed by atoms with van der Waals surface area (Å²) in [6.07, 6.45) is 1.02. The van der Waals surface area contributed by atoms with E-state index in [0.29, 0.717) is 5.82 Å². The SMILES string of the molecule is CC(C)(C)c1nc(C(=O)Nc2ccc(F)cn2)n[nH]1. The molecule has 2 heterocycles. The van der Waals surface area contributed by atoms with Crippen LogP contribution in [0.3, 0.4) is 0 Å². The van der Waals surface area contributed by atoms with Crippen LogP contribution in [0.15, 0.2) is 18.3 Å². The highest BCUT2D eigenvalue weighted by Crippen LogP contribution is 2.17. The third kappa shape index (κ3) is 3.12. The van der Waals surface area contributed by atoms with Crippen LogP contribution in [0.4, 0.5) is 10.2 Å². The van der Waals surface area contributed by atoms with Crippen LogP contribution >= 0.6 is 0 Å². The molecule has 0 fully saturated rings. The fraction of sp³-hybridized carbons (Fsp3) is 0.333. The number of hydrogen-bond acceptors (Lipinski definition) is 4. The van der Waals surface area contributed by atoms with E-state index in [2.05, 4.69) is 25.5 Å². The number of pyridine rings is 1. The number of carbonyl (C=O) groups is 1. The van der Waals surface area contributed by atoms with Crippen LogP contribution in [-0.4, -0.2) is 26.1 Å². The Balaban J connectivity index is 2.12. The van der Waals surface area contributed by atoms with Gasteiger partial charge in [-0.25, -0.2) is 14.4 Å². The predicted molar refractivity (Wildman–Crippen MR) is 67.2 cm³/mol. The lowest BCUT2D eigenvalue weighted by molar-refractivity contribution is 0.101. The van der Waals surface area contributed by atoms with Gasteiger partial charge in [0.1, 0.15) is 17.5 Å². The first kappa shape index (κ1) is 13.1. The standard InChI is InChI=1S/C12H14FN5O/c1-12(2,3)11-16-9(17-18-11)10(19)15-8-5-4-7(13)6-14-8/h4-6H,1-3H3,(H,14,15,19)(H,16,17,18). The molecule has 6 nitrogen and oxygen atoms in total. The maximum atomic E-state index is 12.7. The van der Waals surface area contributed by atoms with Crippen molar-refractivity contribution in [2.24, 2.45) is 0 Å². The molecule has 1 amide bonds. The van der Waals surface area contributed by atoms with Gasteiger partial charge >= 0.3 is 0 Å². The second-order valence-electron chi connectivity index (χ2n) is 5.07. The zero-order chi connectivity index (χ0) is 14.0. The van der Waals surface area contributed by atoms with E-state index < -0.39 is 11.7 Å². The zero-order valence-electron chi connectivity index (χ0n) is 10.9. The average Bonchev–Trinajstić information content (AvgIpc) is 2.81. The quantitative estimate of drug-likeness (QED) is 0.866. The van der Waals surface area contributed by atoms with Crippen molar-refractivity contribution in [1.29, 1.82) is 0 Å². The molecule has 0 saturated heterocycles. The van der Waals surface area contributed by atoms with E-state index in [0.717, 1.165) is 6.20 Å². The average molecular weight is 263 g/mol. The number of amides is 1. The molecule has 0 aliphatic rings. The van der Waals surface area contributed by atoms with Crippen molar-refractivity contribution in [3.05, 3.63) is 35.8 Å². The van der Waals surface area contributed by atoms with E-state index >= 15 is 0 Å². The predicted octanol–water partition coefficient (Wildman–Crippen LogP) is 1.89. The van der Waals surface area contributed by atoms with Crippen LogP contribution in [0.25, 0.3) is 0 Å². The fourth-order valence-corrected chi connectivity index (χ4v) is 1.32. The van der Waals surface area contributed by atoms with E-state index in [4.69, 9.17) is 0 Å². The van der Waals surface area contributed by atoms with Crippen LogP contribution in [0.1, 0.15) is 37.2 Å². The van der Waals surface area contributed by atoms with Crippen molar-refractivity contribution in [2.75, 3.05) is 5.32 Å². The smallest absolute Gasteiger partial charge is 0.296 e. The number of aromatic amines is 1. The number of rotatable bonds is 2. The van der Waals surface area contributed by atoms with Crippen LogP contribution < -0.4 is 5.32 Å². The molecule has 2 N–H and O–H groups in total. The summed E-state index contributed by atoms with van der Waals surface area (Å²) in [5, 5.41) is 9.05. The number of hydrogen-bond donors (Lipinski definition) is 2. The summed E-state index contributed by atoms with van der Waals surface area (Å²) in [4.78, 5) is 19.7. The molecular formula is C12H14FN5O. The Labute approximate surface area is 109 Å². The summed E-state index contributed by atoms with van der Waals surface area (Å²) >= 11 is 0. The minimum Gasteiger partial charge on any atom is -0.304 e. The van der Waals surface area contributed by atoms with Crippen LogP contribution in [0, 0.1) is 5.82 Å². The molecule has 0 radical (unpaired) electrons. The number of nitrogens with one attached hydrogen (secondary N) is 2. The molecule has 19 heavy (non-hydrogen) atoms. The molecule has 2 aromatic rings. The Kier molecular flexibility index (Phi) is 3.28. The first-order chi connectivity index (χ1) is 8.86. The van der Waals surface area contributed by atoms with Gasteiger partial charge in [-0.1, -0.05) is 20.8 Å². The van der Waals surface area contributed by atoms with E-state index in [1.807, 2.05) is 20.8 Å². The van der Waals surface area contributed by atoms with Gasteiger partial charge in [0.15, 0.2) is 0 Å². The second kappa shape index (κ2) is 4.75. The van der Waals surface area contributed by atoms with E-state index in [1.165, 1.54) is 12.1 Å². The maximum absolute atomic E-state index is 12.7. The summed E-state index contributed by atoms with van der Waals surface area (Å²) in [5.41, 5.74) is -0.223. The van der Waals surface area contributed by atoms with Gasteiger partial charge in [-0.05, 0) is 12.1 Å². The van der Waals surface area contributed by atoms with Crippen molar-refractivity contribution in [3.63, 3.8) is 0 Å². The van der Waals surface area contributed by atoms with Gasteiger partial charge in [0.25, 0.3) is 5.91 Å². The maximum Gasteiger partial charge on any atom is 0.296 e. The molecule has 0 unspecified atom stereocenters. The molecular weight excluding hydrogens is 249 g/mol. The highest BCUT2D eigenvalue weighted by molar-refractivity contribution is 6.00. The van der Waals surface area contributed by atoms with E-state index in [1.54, 1.807) is 0 Å². The molecule has 100 valence electrons. The Morgan fingerprint density at radius 2 is 2.11 bits per heavy atom. The van der Waals surface area contributed by atoms with E-state index in [9.17, 15) is 9.18 Å². The van der Waals surface area contributed by atoms with Gasteiger partial charge in [0.05, 0.1) is 6.20 Å². The molecule has 0 bridgehead atoms. The molecule has 0 aliphatic heterocycles. The number of anilines is 1. The lowest BCUT2D eigenvalue weighted by Crippen LogP contribution is -2.16. The summed E-state index contributed by atoms with van der Waals surface area (Å²) in [7, 11) is 0. The Hall–Kier alpha value is -2.31. The molecule has 2 aromatic heterocycles. The first-order valence-corrected chi connectivity index (χ1v) is 5.72. The van der Waals surface area contributed by atoms with Crippen molar-refractivity contribution >= 4 is 11.7 Å². The van der Waals surface area contributed by atoms with E-state index in [-0.39, 0.29) is 17.1 Å². The Morgan fingerprint density at radius 3 is 2.63 bits per heavy atom. The van der Waals surface area contributed by atoms with Crippen molar-refractivity contribution in [1.82, 2.24) is 20.2 Å². The van der Waals surface area contributed by atoms with Crippen molar-refractivity contribution < 1.29 is 9.18 Å². The summed E-state index contributed by atoms with van der Waals surface area (Å²) in [6, 6.07) is 2.58. The molecule has 0 aromatic carbocycles. The number of H-pyrrole nitrogens is 1. The number of aromatic nitrogens is 4. The largest absolute Gasteiger partial charge is 0.304 e. The van der Waals surface area contributed by atoms with Gasteiger partial charge in [-0.3, -0.25) is 9.89 Å². The first-order valence-electron chi connectivity index (χ1n) is 5.72. The van der Waals surface area contributed by atoms with Crippen molar-refractivity contribution in [2.45, 2.75) is 26.2 Å². The molecule has 7 heteroatoms. The van der Waals surface area contributed by atoms with Gasteiger partial charge in [0, 0.05) is 5.41 Å². The third-order valence-corrected chi connectivity index (χ3v) is 2.37. The highest BCUT2D eigenvalue weighted by atomic mass is 19.1. The lowest BCUT2D eigenvalue weighted by Gasteiger charge is -2.12. The monoisotopic (exact) mass is 263 g/mol. The number of nitrogens with zero attached hydrogens (tertiary/aromatic N) is 3. The van der Waals surface area contributed by atoms with Crippen LogP contribution in [-0.2, 0) is 5.41 Å². The molecule has 0 spiro atoms. The Morgan fingerprint density at radius 1 is 1.37 bits per heavy atom. The molecule has 0 aliphatic carbocycles. The third-order valence-electron chi connectivity index (χ3n) is 2.37.